The first-order chi connectivity index (χ1) is 9.77. The third-order valence-corrected chi connectivity index (χ3v) is 3.31. The van der Waals surface area contributed by atoms with E-state index in [-0.39, 0.29) is 28.7 Å². The van der Waals surface area contributed by atoms with Crippen LogP contribution in [0.3, 0.4) is 0 Å². The number of nitro benzene ring substituents is 1. The zero-order chi connectivity index (χ0) is 16.2. The molecule has 0 bridgehead atoms. The molecule has 1 rings (SSSR count). The average Bonchev–Trinajstić information content (AvgIpc) is 2.45. The quantitative estimate of drug-likeness (QED) is 0.661. The smallest absolute Gasteiger partial charge is 0.270 e. The first-order valence-corrected chi connectivity index (χ1v) is 6.56. The SMILES string of the molecule is CNC(=O)C(C)CN(C)C(=O)c1cc([N+](=O)[O-])ccc1Cl. The van der Waals surface area contributed by atoms with Gasteiger partial charge in [-0.1, -0.05) is 18.5 Å². The molecule has 0 aliphatic heterocycles. The van der Waals surface area contributed by atoms with Crippen LogP contribution >= 0.6 is 11.6 Å². The molecular formula is C13H16ClN3O4. The monoisotopic (exact) mass is 313 g/mol. The van der Waals surface area contributed by atoms with E-state index in [2.05, 4.69) is 5.32 Å². The number of non-ortho nitro benzene ring substituents is 1. The number of hydrogen-bond acceptors (Lipinski definition) is 4. The zero-order valence-corrected chi connectivity index (χ0v) is 12.7. The summed E-state index contributed by atoms with van der Waals surface area (Å²) in [7, 11) is 3.02. The Kier molecular flexibility index (Phi) is 5.66. The van der Waals surface area contributed by atoms with Crippen LogP contribution < -0.4 is 5.32 Å². The molecule has 1 atom stereocenters. The second kappa shape index (κ2) is 7.03. The Morgan fingerprint density at radius 2 is 2.10 bits per heavy atom. The predicted octanol–water partition coefficient (Wildman–Crippen LogP) is 1.70. The molecule has 1 N–H and O–H groups in total. The largest absolute Gasteiger partial charge is 0.359 e. The first-order valence-electron chi connectivity index (χ1n) is 6.19. The Morgan fingerprint density at radius 1 is 1.48 bits per heavy atom. The van der Waals surface area contributed by atoms with Gasteiger partial charge in [-0.05, 0) is 6.07 Å². The third-order valence-electron chi connectivity index (χ3n) is 2.98. The van der Waals surface area contributed by atoms with E-state index in [9.17, 15) is 19.7 Å². The summed E-state index contributed by atoms with van der Waals surface area (Å²) < 4.78 is 0. The normalized spacial score (nSPS) is 11.6. The standard InChI is InChI=1S/C13H16ClN3O4/c1-8(12(18)15-2)7-16(3)13(19)10-6-9(17(20)21)4-5-11(10)14/h4-6,8H,7H2,1-3H3,(H,15,18). The minimum absolute atomic E-state index is 0.0393. The molecule has 1 aromatic rings. The number of hydrogen-bond donors (Lipinski definition) is 1. The minimum Gasteiger partial charge on any atom is -0.359 e. The second-order valence-corrected chi connectivity index (χ2v) is 5.03. The van der Waals surface area contributed by atoms with Crippen molar-refractivity contribution in [1.82, 2.24) is 10.2 Å². The number of nitrogens with one attached hydrogen (secondary N) is 1. The Balaban J connectivity index is 2.95. The summed E-state index contributed by atoms with van der Waals surface area (Å²) in [6, 6.07) is 3.67. The summed E-state index contributed by atoms with van der Waals surface area (Å²) in [5.41, 5.74) is -0.173. The minimum atomic E-state index is -0.597. The van der Waals surface area contributed by atoms with Crippen molar-refractivity contribution in [3.63, 3.8) is 0 Å². The van der Waals surface area contributed by atoms with Crippen molar-refractivity contribution < 1.29 is 14.5 Å². The van der Waals surface area contributed by atoms with Gasteiger partial charge in [-0.25, -0.2) is 0 Å². The van der Waals surface area contributed by atoms with Crippen molar-refractivity contribution in [3.05, 3.63) is 38.9 Å². The molecule has 0 saturated heterocycles. The van der Waals surface area contributed by atoms with Crippen molar-refractivity contribution in [2.24, 2.45) is 5.92 Å². The first kappa shape index (κ1) is 16.9. The lowest BCUT2D eigenvalue weighted by atomic mass is 10.1. The lowest BCUT2D eigenvalue weighted by Gasteiger charge is -2.21. The molecule has 0 radical (unpaired) electrons. The van der Waals surface area contributed by atoms with Crippen LogP contribution in [0.15, 0.2) is 18.2 Å². The third kappa shape index (κ3) is 4.16. The molecule has 0 aliphatic carbocycles. The van der Waals surface area contributed by atoms with Crippen molar-refractivity contribution >= 4 is 29.1 Å². The molecule has 0 fully saturated rings. The fourth-order valence-corrected chi connectivity index (χ4v) is 2.02. The van der Waals surface area contributed by atoms with Gasteiger partial charge in [0.15, 0.2) is 0 Å². The highest BCUT2D eigenvalue weighted by molar-refractivity contribution is 6.33. The average molecular weight is 314 g/mol. The molecule has 0 saturated carbocycles. The number of benzene rings is 1. The summed E-state index contributed by atoms with van der Waals surface area (Å²) in [6.45, 7) is 1.86. The molecule has 0 aromatic heterocycles. The second-order valence-electron chi connectivity index (χ2n) is 4.62. The highest BCUT2D eigenvalue weighted by Crippen LogP contribution is 2.23. The van der Waals surface area contributed by atoms with Gasteiger partial charge in [0, 0.05) is 32.8 Å². The van der Waals surface area contributed by atoms with Crippen molar-refractivity contribution in [2.45, 2.75) is 6.92 Å². The molecule has 114 valence electrons. The highest BCUT2D eigenvalue weighted by atomic mass is 35.5. The summed E-state index contributed by atoms with van der Waals surface area (Å²) in [5, 5.41) is 13.4. The Morgan fingerprint density at radius 3 is 2.62 bits per heavy atom. The van der Waals surface area contributed by atoms with Crippen LogP contribution in [-0.4, -0.2) is 42.3 Å². The van der Waals surface area contributed by atoms with E-state index in [1.807, 2.05) is 0 Å². The number of amides is 2. The molecule has 0 aliphatic rings. The fraction of sp³-hybridized carbons (Fsp3) is 0.385. The maximum absolute atomic E-state index is 12.3. The van der Waals surface area contributed by atoms with E-state index >= 15 is 0 Å². The predicted molar refractivity (Wildman–Crippen MR) is 78.3 cm³/mol. The van der Waals surface area contributed by atoms with Gasteiger partial charge in [0.2, 0.25) is 5.91 Å². The maximum atomic E-state index is 12.3. The molecule has 7 nitrogen and oxygen atoms in total. The maximum Gasteiger partial charge on any atom is 0.270 e. The molecule has 1 unspecified atom stereocenters. The summed E-state index contributed by atoms with van der Waals surface area (Å²) in [5.74, 6) is -1.07. The Labute approximate surface area is 127 Å². The molecular weight excluding hydrogens is 298 g/mol. The van der Waals surface area contributed by atoms with Crippen LogP contribution in [0, 0.1) is 16.0 Å². The molecule has 2 amide bonds. The molecule has 1 aromatic carbocycles. The van der Waals surface area contributed by atoms with Crippen molar-refractivity contribution in [1.29, 1.82) is 0 Å². The van der Waals surface area contributed by atoms with E-state index < -0.39 is 16.7 Å². The molecule has 0 spiro atoms. The highest BCUT2D eigenvalue weighted by Gasteiger charge is 2.22. The van der Waals surface area contributed by atoms with Gasteiger partial charge >= 0.3 is 0 Å². The van der Waals surface area contributed by atoms with Gasteiger partial charge in [-0.15, -0.1) is 0 Å². The topological polar surface area (TPSA) is 92.6 Å². The van der Waals surface area contributed by atoms with Crippen LogP contribution in [-0.2, 0) is 4.79 Å². The van der Waals surface area contributed by atoms with Crippen LogP contribution in [0.4, 0.5) is 5.69 Å². The molecule has 8 heteroatoms. The van der Waals surface area contributed by atoms with Gasteiger partial charge in [-0.2, -0.15) is 0 Å². The Hall–Kier alpha value is -2.15. The van der Waals surface area contributed by atoms with Crippen molar-refractivity contribution in [3.8, 4) is 0 Å². The van der Waals surface area contributed by atoms with Crippen LogP contribution in [0.5, 0.6) is 0 Å². The van der Waals surface area contributed by atoms with Gasteiger partial charge in [0.1, 0.15) is 0 Å². The van der Waals surface area contributed by atoms with Gasteiger partial charge in [-0.3, -0.25) is 19.7 Å². The van der Waals surface area contributed by atoms with E-state index in [4.69, 9.17) is 11.6 Å². The molecule has 21 heavy (non-hydrogen) atoms. The number of carbonyl (C=O) groups is 2. The summed E-state index contributed by atoms with van der Waals surface area (Å²) >= 11 is 5.92. The number of nitrogens with zero attached hydrogens (tertiary/aromatic N) is 2. The van der Waals surface area contributed by atoms with E-state index in [0.717, 1.165) is 6.07 Å². The number of nitro groups is 1. The van der Waals surface area contributed by atoms with E-state index in [1.54, 1.807) is 6.92 Å². The molecule has 0 heterocycles. The summed E-state index contributed by atoms with van der Waals surface area (Å²) in [4.78, 5) is 35.2. The number of rotatable bonds is 5. The van der Waals surface area contributed by atoms with E-state index in [1.165, 1.54) is 31.1 Å². The lowest BCUT2D eigenvalue weighted by Crippen LogP contribution is -2.37. The summed E-state index contributed by atoms with van der Waals surface area (Å²) in [6.07, 6.45) is 0. The van der Waals surface area contributed by atoms with Crippen LogP contribution in [0.1, 0.15) is 17.3 Å². The van der Waals surface area contributed by atoms with Crippen LogP contribution in [0.25, 0.3) is 0 Å². The fourth-order valence-electron chi connectivity index (χ4n) is 1.82. The Bertz CT molecular complexity index is 577. The van der Waals surface area contributed by atoms with Crippen LogP contribution in [0.2, 0.25) is 5.02 Å². The lowest BCUT2D eigenvalue weighted by molar-refractivity contribution is -0.384. The number of carbonyl (C=O) groups excluding carboxylic acids is 2. The van der Waals surface area contributed by atoms with Gasteiger partial charge < -0.3 is 10.2 Å². The van der Waals surface area contributed by atoms with E-state index in [0.29, 0.717) is 0 Å². The van der Waals surface area contributed by atoms with Gasteiger partial charge in [0.05, 0.1) is 21.4 Å². The zero-order valence-electron chi connectivity index (χ0n) is 11.9. The number of halogens is 1. The van der Waals surface area contributed by atoms with Crippen molar-refractivity contribution in [2.75, 3.05) is 20.6 Å². The van der Waals surface area contributed by atoms with Gasteiger partial charge in [0.25, 0.3) is 11.6 Å².